The number of nitrogens with one attached hydrogen (secondary N) is 1. The summed E-state index contributed by atoms with van der Waals surface area (Å²) in [6, 6.07) is 9.13. The van der Waals surface area contributed by atoms with Crippen molar-refractivity contribution >= 4 is 28.5 Å². The van der Waals surface area contributed by atoms with Gasteiger partial charge in [0.2, 0.25) is 5.91 Å². The number of pyridine rings is 1. The van der Waals surface area contributed by atoms with Crippen LogP contribution in [0.4, 0.5) is 5.69 Å². The first kappa shape index (κ1) is 14.0. The molecular formula is C15H16N2O3. The number of hydrogen-bond acceptors (Lipinski definition) is 3. The number of hydrogen-bond donors (Lipinski definition) is 2. The van der Waals surface area contributed by atoms with Crippen LogP contribution >= 0.6 is 0 Å². The van der Waals surface area contributed by atoms with Crippen LogP contribution in [0.3, 0.4) is 0 Å². The molecule has 0 aliphatic rings. The molecule has 0 saturated heterocycles. The topological polar surface area (TPSA) is 79.3 Å². The van der Waals surface area contributed by atoms with Crippen molar-refractivity contribution in [1.82, 2.24) is 4.98 Å². The smallest absolute Gasteiger partial charge is 0.318 e. The van der Waals surface area contributed by atoms with Crippen LogP contribution in [0.25, 0.3) is 10.9 Å². The van der Waals surface area contributed by atoms with Gasteiger partial charge in [0, 0.05) is 11.1 Å². The minimum atomic E-state index is -1.49. The number of aryl methyl sites for hydroxylation is 1. The van der Waals surface area contributed by atoms with Crippen LogP contribution in [0.1, 0.15) is 19.5 Å². The Hall–Kier alpha value is -2.43. The molecule has 2 rings (SSSR count). The van der Waals surface area contributed by atoms with Gasteiger partial charge in [-0.15, -0.1) is 0 Å². The lowest BCUT2D eigenvalue weighted by Gasteiger charge is -2.19. The van der Waals surface area contributed by atoms with Gasteiger partial charge in [-0.05, 0) is 32.9 Å². The maximum atomic E-state index is 12.1. The van der Waals surface area contributed by atoms with Gasteiger partial charge in [-0.3, -0.25) is 14.6 Å². The Balaban J connectivity index is 2.44. The molecule has 0 aliphatic heterocycles. The zero-order chi connectivity index (χ0) is 14.9. The number of carboxylic acids is 1. The van der Waals surface area contributed by atoms with E-state index in [1.54, 1.807) is 6.07 Å². The molecule has 2 N–H and O–H groups in total. The molecule has 0 aliphatic carbocycles. The highest BCUT2D eigenvalue weighted by molar-refractivity contribution is 6.10. The largest absolute Gasteiger partial charge is 0.480 e. The van der Waals surface area contributed by atoms with E-state index < -0.39 is 17.3 Å². The fourth-order valence-corrected chi connectivity index (χ4v) is 1.79. The molecule has 1 aromatic carbocycles. The summed E-state index contributed by atoms with van der Waals surface area (Å²) in [6.07, 6.45) is 0. The molecule has 0 fully saturated rings. The predicted molar refractivity (Wildman–Crippen MR) is 76.5 cm³/mol. The van der Waals surface area contributed by atoms with E-state index in [9.17, 15) is 9.59 Å². The van der Waals surface area contributed by atoms with Crippen molar-refractivity contribution in [2.24, 2.45) is 5.41 Å². The number of rotatable bonds is 3. The summed E-state index contributed by atoms with van der Waals surface area (Å²) in [5.41, 5.74) is 0.605. The molecule has 5 heteroatoms. The highest BCUT2D eigenvalue weighted by Gasteiger charge is 2.36. The third-order valence-corrected chi connectivity index (χ3v) is 3.19. The molecule has 5 nitrogen and oxygen atoms in total. The van der Waals surface area contributed by atoms with Crippen molar-refractivity contribution < 1.29 is 14.7 Å². The van der Waals surface area contributed by atoms with Gasteiger partial charge in [0.25, 0.3) is 0 Å². The van der Waals surface area contributed by atoms with Crippen molar-refractivity contribution in [1.29, 1.82) is 0 Å². The minimum absolute atomic E-state index is 0.555. The molecule has 0 saturated carbocycles. The lowest BCUT2D eigenvalue weighted by molar-refractivity contribution is -0.151. The summed E-state index contributed by atoms with van der Waals surface area (Å²) in [6.45, 7) is 4.58. The highest BCUT2D eigenvalue weighted by Crippen LogP contribution is 2.25. The fourth-order valence-electron chi connectivity index (χ4n) is 1.79. The standard InChI is InChI=1S/C15H16N2O3/c1-9-8-12(10-6-4-5-7-11(10)16-9)17-13(18)15(2,3)14(19)20/h4-8H,1-3H3,(H,19,20)(H,16,17,18). The van der Waals surface area contributed by atoms with Crippen LogP contribution < -0.4 is 5.32 Å². The number of anilines is 1. The van der Waals surface area contributed by atoms with Crippen molar-refractivity contribution in [3.05, 3.63) is 36.0 Å². The second-order valence-electron chi connectivity index (χ2n) is 5.21. The number of carbonyl (C=O) groups is 2. The van der Waals surface area contributed by atoms with Crippen LogP contribution in [0.2, 0.25) is 0 Å². The molecule has 1 amide bonds. The van der Waals surface area contributed by atoms with E-state index in [-0.39, 0.29) is 0 Å². The van der Waals surface area contributed by atoms with Crippen molar-refractivity contribution in [2.45, 2.75) is 20.8 Å². The Morgan fingerprint density at radius 1 is 1.25 bits per heavy atom. The number of nitrogens with zero attached hydrogens (tertiary/aromatic N) is 1. The summed E-state index contributed by atoms with van der Waals surface area (Å²) in [5, 5.41) is 12.6. The minimum Gasteiger partial charge on any atom is -0.480 e. The molecule has 1 aromatic heterocycles. The molecule has 0 spiro atoms. The molecular weight excluding hydrogens is 256 g/mol. The maximum Gasteiger partial charge on any atom is 0.318 e. The summed E-state index contributed by atoms with van der Waals surface area (Å²) in [7, 11) is 0. The number of benzene rings is 1. The van der Waals surface area contributed by atoms with E-state index in [1.807, 2.05) is 31.2 Å². The van der Waals surface area contributed by atoms with Crippen molar-refractivity contribution in [3.63, 3.8) is 0 Å². The second kappa shape index (κ2) is 4.92. The number of fused-ring (bicyclic) bond motifs is 1. The van der Waals surface area contributed by atoms with Crippen LogP contribution in [0.5, 0.6) is 0 Å². The predicted octanol–water partition coefficient (Wildman–Crippen LogP) is 2.59. The number of aromatic nitrogens is 1. The second-order valence-corrected chi connectivity index (χ2v) is 5.21. The van der Waals surface area contributed by atoms with Gasteiger partial charge in [0.1, 0.15) is 5.41 Å². The first-order chi connectivity index (χ1) is 9.32. The lowest BCUT2D eigenvalue weighted by Crippen LogP contribution is -2.37. The summed E-state index contributed by atoms with van der Waals surface area (Å²) < 4.78 is 0. The number of carboxylic acid groups (broad SMARTS) is 1. The van der Waals surface area contributed by atoms with E-state index in [0.29, 0.717) is 5.69 Å². The normalized spacial score (nSPS) is 11.3. The Labute approximate surface area is 116 Å². The Bertz CT molecular complexity index is 693. The van der Waals surface area contributed by atoms with Crippen LogP contribution in [0.15, 0.2) is 30.3 Å². The molecule has 104 valence electrons. The molecule has 0 bridgehead atoms. The maximum absolute atomic E-state index is 12.1. The van der Waals surface area contributed by atoms with Crippen molar-refractivity contribution in [3.8, 4) is 0 Å². The van der Waals surface area contributed by atoms with E-state index in [0.717, 1.165) is 16.6 Å². The summed E-state index contributed by atoms with van der Waals surface area (Å²) in [5.74, 6) is -1.72. The molecule has 0 atom stereocenters. The first-order valence-corrected chi connectivity index (χ1v) is 6.23. The third-order valence-electron chi connectivity index (χ3n) is 3.19. The van der Waals surface area contributed by atoms with Gasteiger partial charge in [-0.2, -0.15) is 0 Å². The lowest BCUT2D eigenvalue weighted by atomic mass is 9.92. The Kier molecular flexibility index (Phi) is 3.44. The van der Waals surface area contributed by atoms with Gasteiger partial charge in [0.15, 0.2) is 0 Å². The van der Waals surface area contributed by atoms with Crippen LogP contribution in [-0.2, 0) is 9.59 Å². The monoisotopic (exact) mass is 272 g/mol. The summed E-state index contributed by atoms with van der Waals surface area (Å²) in [4.78, 5) is 27.6. The van der Waals surface area contributed by atoms with Gasteiger partial charge in [0.05, 0.1) is 11.2 Å². The van der Waals surface area contributed by atoms with Crippen LogP contribution in [0, 0.1) is 12.3 Å². The zero-order valence-electron chi connectivity index (χ0n) is 11.6. The van der Waals surface area contributed by atoms with E-state index in [1.165, 1.54) is 13.8 Å². The van der Waals surface area contributed by atoms with E-state index in [2.05, 4.69) is 10.3 Å². The average molecular weight is 272 g/mol. The molecule has 1 heterocycles. The van der Waals surface area contributed by atoms with Crippen molar-refractivity contribution in [2.75, 3.05) is 5.32 Å². The average Bonchev–Trinajstić information content (AvgIpc) is 2.38. The molecule has 20 heavy (non-hydrogen) atoms. The molecule has 2 aromatic rings. The molecule has 0 radical (unpaired) electrons. The first-order valence-electron chi connectivity index (χ1n) is 6.23. The number of carbonyl (C=O) groups excluding carboxylic acids is 1. The molecule has 0 unspecified atom stereocenters. The van der Waals surface area contributed by atoms with Gasteiger partial charge >= 0.3 is 5.97 Å². The van der Waals surface area contributed by atoms with Gasteiger partial charge in [-0.1, -0.05) is 18.2 Å². The highest BCUT2D eigenvalue weighted by atomic mass is 16.4. The third kappa shape index (κ3) is 2.47. The number of para-hydroxylation sites is 1. The Morgan fingerprint density at radius 2 is 1.90 bits per heavy atom. The SMILES string of the molecule is Cc1cc(NC(=O)C(C)(C)C(=O)O)c2ccccc2n1. The number of aliphatic carboxylic acids is 1. The zero-order valence-corrected chi connectivity index (χ0v) is 11.6. The van der Waals surface area contributed by atoms with Crippen LogP contribution in [-0.4, -0.2) is 22.0 Å². The Morgan fingerprint density at radius 3 is 2.55 bits per heavy atom. The van der Waals surface area contributed by atoms with E-state index >= 15 is 0 Å². The van der Waals surface area contributed by atoms with Gasteiger partial charge in [-0.25, -0.2) is 0 Å². The number of amides is 1. The fraction of sp³-hybridized carbons (Fsp3) is 0.267. The van der Waals surface area contributed by atoms with E-state index in [4.69, 9.17) is 5.11 Å². The summed E-state index contributed by atoms with van der Waals surface area (Å²) >= 11 is 0. The quantitative estimate of drug-likeness (QED) is 0.842. The van der Waals surface area contributed by atoms with Gasteiger partial charge < -0.3 is 10.4 Å².